The van der Waals surface area contributed by atoms with Gasteiger partial charge in [-0.25, -0.2) is 4.79 Å². The fourth-order valence-corrected chi connectivity index (χ4v) is 3.92. The molecule has 1 amide bonds. The molecule has 1 aliphatic heterocycles. The van der Waals surface area contributed by atoms with E-state index in [9.17, 15) is 14.7 Å². The second-order valence-corrected chi connectivity index (χ2v) is 7.01. The lowest BCUT2D eigenvalue weighted by atomic mass is 10.0. The van der Waals surface area contributed by atoms with Gasteiger partial charge in [0.2, 0.25) is 0 Å². The van der Waals surface area contributed by atoms with Crippen LogP contribution in [0.25, 0.3) is 11.1 Å². The summed E-state index contributed by atoms with van der Waals surface area (Å²) in [6.45, 7) is 0. The van der Waals surface area contributed by atoms with Crippen molar-refractivity contribution in [1.82, 2.24) is 4.90 Å². The van der Waals surface area contributed by atoms with Gasteiger partial charge in [0.15, 0.2) is 0 Å². The second kappa shape index (κ2) is 7.69. The topological polar surface area (TPSA) is 57.6 Å². The smallest absolute Gasteiger partial charge is 0.326 e. The van der Waals surface area contributed by atoms with Gasteiger partial charge in [0.25, 0.3) is 5.91 Å². The van der Waals surface area contributed by atoms with Crippen LogP contribution in [0.4, 0.5) is 0 Å². The third-order valence-corrected chi connectivity index (χ3v) is 5.33. The van der Waals surface area contributed by atoms with E-state index in [1.807, 2.05) is 72.8 Å². The van der Waals surface area contributed by atoms with Crippen LogP contribution in [0.3, 0.4) is 0 Å². The third kappa shape index (κ3) is 3.41. The molecule has 1 heterocycles. The summed E-state index contributed by atoms with van der Waals surface area (Å²) in [5.74, 6) is -1.19. The maximum absolute atomic E-state index is 13.3. The predicted octanol–water partition coefficient (Wildman–Crippen LogP) is 4.78. The maximum atomic E-state index is 13.3. The van der Waals surface area contributed by atoms with Crippen LogP contribution in [0.1, 0.15) is 34.8 Å². The number of nitrogens with zero attached hydrogens (tertiary/aromatic N) is 1. The first-order valence-electron chi connectivity index (χ1n) is 9.41. The number of carbonyl (C=O) groups excluding carboxylic acids is 1. The minimum atomic E-state index is -0.951. The molecule has 140 valence electrons. The van der Waals surface area contributed by atoms with Gasteiger partial charge in [-0.05, 0) is 41.7 Å². The molecule has 1 aliphatic rings. The Morgan fingerprint density at radius 3 is 1.93 bits per heavy atom. The number of rotatable bonds is 4. The molecule has 3 aromatic carbocycles. The normalized spacial score (nSPS) is 18.8. The Balaban J connectivity index is 1.64. The van der Waals surface area contributed by atoms with Gasteiger partial charge < -0.3 is 10.0 Å². The molecule has 4 heteroatoms. The molecule has 2 atom stereocenters. The number of hydrogen-bond donors (Lipinski definition) is 1. The molecule has 4 rings (SSSR count). The van der Waals surface area contributed by atoms with Gasteiger partial charge in [0.05, 0.1) is 6.04 Å². The van der Waals surface area contributed by atoms with Gasteiger partial charge in [-0.3, -0.25) is 4.79 Å². The highest BCUT2D eigenvalue weighted by Gasteiger charge is 2.41. The molecule has 0 spiro atoms. The summed E-state index contributed by atoms with van der Waals surface area (Å²) in [6.07, 6.45) is 1.11. The van der Waals surface area contributed by atoms with E-state index in [0.29, 0.717) is 18.4 Å². The van der Waals surface area contributed by atoms with Gasteiger partial charge in [-0.15, -0.1) is 0 Å². The summed E-state index contributed by atoms with van der Waals surface area (Å²) in [5, 5.41) is 9.64. The van der Waals surface area contributed by atoms with E-state index < -0.39 is 12.0 Å². The van der Waals surface area contributed by atoms with Crippen molar-refractivity contribution in [3.63, 3.8) is 0 Å². The van der Waals surface area contributed by atoms with Gasteiger partial charge in [-0.1, -0.05) is 72.8 Å². The van der Waals surface area contributed by atoms with E-state index >= 15 is 0 Å². The van der Waals surface area contributed by atoms with Crippen molar-refractivity contribution in [2.45, 2.75) is 24.9 Å². The largest absolute Gasteiger partial charge is 0.480 e. The lowest BCUT2D eigenvalue weighted by molar-refractivity contribution is -0.141. The van der Waals surface area contributed by atoms with Crippen LogP contribution in [0.2, 0.25) is 0 Å². The van der Waals surface area contributed by atoms with Crippen molar-refractivity contribution >= 4 is 11.9 Å². The van der Waals surface area contributed by atoms with Crippen LogP contribution in [0.5, 0.6) is 0 Å². The third-order valence-electron chi connectivity index (χ3n) is 5.33. The molecule has 0 aliphatic carbocycles. The van der Waals surface area contributed by atoms with Crippen LogP contribution >= 0.6 is 0 Å². The van der Waals surface area contributed by atoms with E-state index in [4.69, 9.17) is 0 Å². The number of hydrogen-bond acceptors (Lipinski definition) is 2. The average molecular weight is 371 g/mol. The first kappa shape index (κ1) is 18.0. The van der Waals surface area contributed by atoms with E-state index in [2.05, 4.69) is 0 Å². The molecular formula is C24H21NO3. The first-order chi connectivity index (χ1) is 13.6. The van der Waals surface area contributed by atoms with Gasteiger partial charge >= 0.3 is 5.97 Å². The molecule has 0 radical (unpaired) electrons. The number of carboxylic acids is 1. The highest BCUT2D eigenvalue weighted by atomic mass is 16.4. The van der Waals surface area contributed by atoms with Crippen molar-refractivity contribution in [1.29, 1.82) is 0 Å². The van der Waals surface area contributed by atoms with E-state index in [0.717, 1.165) is 16.7 Å². The SMILES string of the molecule is O=C(O)[C@@H]1CCC(c2ccccc2)N1C(=O)c1ccc(-c2ccccc2)cc1. The Bertz CT molecular complexity index is 968. The number of benzene rings is 3. The van der Waals surface area contributed by atoms with E-state index in [1.165, 1.54) is 4.90 Å². The number of aliphatic carboxylic acids is 1. The first-order valence-corrected chi connectivity index (χ1v) is 9.41. The molecule has 28 heavy (non-hydrogen) atoms. The fourth-order valence-electron chi connectivity index (χ4n) is 3.92. The second-order valence-electron chi connectivity index (χ2n) is 7.01. The highest BCUT2D eigenvalue weighted by Crippen LogP contribution is 2.37. The zero-order valence-corrected chi connectivity index (χ0v) is 15.4. The lowest BCUT2D eigenvalue weighted by Crippen LogP contribution is -2.41. The summed E-state index contributed by atoms with van der Waals surface area (Å²) in [4.78, 5) is 26.6. The number of carbonyl (C=O) groups is 2. The van der Waals surface area contributed by atoms with Crippen molar-refractivity contribution < 1.29 is 14.7 Å². The molecule has 4 nitrogen and oxygen atoms in total. The van der Waals surface area contributed by atoms with Gasteiger partial charge in [-0.2, -0.15) is 0 Å². The van der Waals surface area contributed by atoms with Crippen LogP contribution < -0.4 is 0 Å². The standard InChI is InChI=1S/C24H21NO3/c26-23(20-13-11-18(12-14-20)17-7-3-1-4-8-17)25-21(15-16-22(25)24(27)28)19-9-5-2-6-10-19/h1-14,21-22H,15-16H2,(H,27,28)/t21?,22-/m0/s1. The van der Waals surface area contributed by atoms with Gasteiger partial charge in [0, 0.05) is 5.56 Å². The minimum Gasteiger partial charge on any atom is -0.480 e. The minimum absolute atomic E-state index is 0.219. The summed E-state index contributed by atoms with van der Waals surface area (Å²) < 4.78 is 0. The molecule has 1 N–H and O–H groups in total. The van der Waals surface area contributed by atoms with Crippen molar-refractivity contribution in [3.8, 4) is 11.1 Å². The monoisotopic (exact) mass is 371 g/mol. The summed E-state index contributed by atoms with van der Waals surface area (Å²) in [5.41, 5.74) is 3.58. The number of carboxylic acid groups (broad SMARTS) is 1. The molecule has 1 fully saturated rings. The Hall–Kier alpha value is -3.40. The Labute approximate surface area is 164 Å². The van der Waals surface area contributed by atoms with Gasteiger partial charge in [0.1, 0.15) is 6.04 Å². The number of amides is 1. The molecule has 0 bridgehead atoms. The van der Waals surface area contributed by atoms with E-state index in [1.54, 1.807) is 12.1 Å². The summed E-state index contributed by atoms with van der Waals surface area (Å²) in [6, 6.07) is 26.0. The highest BCUT2D eigenvalue weighted by molar-refractivity contribution is 5.97. The van der Waals surface area contributed by atoms with Crippen LogP contribution in [0.15, 0.2) is 84.9 Å². The molecule has 3 aromatic rings. The zero-order valence-electron chi connectivity index (χ0n) is 15.4. The Morgan fingerprint density at radius 2 is 1.32 bits per heavy atom. The quantitative estimate of drug-likeness (QED) is 0.718. The fraction of sp³-hybridized carbons (Fsp3) is 0.167. The number of likely N-dealkylation sites (tertiary alicyclic amines) is 1. The van der Waals surface area contributed by atoms with Crippen molar-refractivity contribution in [2.75, 3.05) is 0 Å². The predicted molar refractivity (Wildman–Crippen MR) is 108 cm³/mol. The van der Waals surface area contributed by atoms with Crippen molar-refractivity contribution in [3.05, 3.63) is 96.1 Å². The van der Waals surface area contributed by atoms with E-state index in [-0.39, 0.29) is 11.9 Å². The molecule has 1 unspecified atom stereocenters. The molecule has 0 saturated carbocycles. The summed E-state index contributed by atoms with van der Waals surface area (Å²) >= 11 is 0. The van der Waals surface area contributed by atoms with Crippen LogP contribution in [-0.4, -0.2) is 27.9 Å². The average Bonchev–Trinajstić information content (AvgIpc) is 3.20. The molecule has 1 saturated heterocycles. The van der Waals surface area contributed by atoms with Crippen molar-refractivity contribution in [2.24, 2.45) is 0 Å². The van der Waals surface area contributed by atoms with Crippen LogP contribution in [0, 0.1) is 0 Å². The zero-order chi connectivity index (χ0) is 19.5. The maximum Gasteiger partial charge on any atom is 0.326 e. The molecular weight excluding hydrogens is 350 g/mol. The molecule has 0 aromatic heterocycles. The van der Waals surface area contributed by atoms with Crippen LogP contribution in [-0.2, 0) is 4.79 Å². The Morgan fingerprint density at radius 1 is 0.750 bits per heavy atom. The Kier molecular flexibility index (Phi) is 4.94. The summed E-state index contributed by atoms with van der Waals surface area (Å²) in [7, 11) is 0. The lowest BCUT2D eigenvalue weighted by Gasteiger charge is -2.29.